The fraction of sp³-hybridized carbons (Fsp3) is 0.583. The van der Waals surface area contributed by atoms with Crippen LogP contribution in [0.3, 0.4) is 0 Å². The van der Waals surface area contributed by atoms with E-state index in [2.05, 4.69) is 28.8 Å². The molecule has 11 heteroatoms. The van der Waals surface area contributed by atoms with E-state index in [1.807, 2.05) is 17.2 Å². The molecule has 0 spiro atoms. The van der Waals surface area contributed by atoms with E-state index in [0.717, 1.165) is 36.8 Å². The van der Waals surface area contributed by atoms with Gasteiger partial charge in [-0.2, -0.15) is 0 Å². The zero-order chi connectivity index (χ0) is 24.8. The lowest BCUT2D eigenvalue weighted by atomic mass is 9.99. The van der Waals surface area contributed by atoms with Gasteiger partial charge in [0.1, 0.15) is 22.7 Å². The van der Waals surface area contributed by atoms with Gasteiger partial charge in [0.15, 0.2) is 6.73 Å². The Balaban J connectivity index is 1.29. The van der Waals surface area contributed by atoms with E-state index in [4.69, 9.17) is 4.74 Å². The smallest absolute Gasteiger partial charge is 0.307 e. The van der Waals surface area contributed by atoms with Crippen LogP contribution >= 0.6 is 21.6 Å². The molecule has 0 radical (unpaired) electrons. The zero-order valence-electron chi connectivity index (χ0n) is 20.0. The van der Waals surface area contributed by atoms with Crippen LogP contribution in [0.5, 0.6) is 0 Å². The molecule has 2 saturated heterocycles. The number of likely N-dealkylation sites (tertiary alicyclic amines) is 1. The number of fused-ring (bicyclic) bond motifs is 1. The maximum Gasteiger partial charge on any atom is 0.307 e. The molecule has 35 heavy (non-hydrogen) atoms. The van der Waals surface area contributed by atoms with Gasteiger partial charge >= 0.3 is 5.97 Å². The first-order valence-electron chi connectivity index (χ1n) is 12.1. The van der Waals surface area contributed by atoms with Gasteiger partial charge in [-0.1, -0.05) is 28.2 Å². The van der Waals surface area contributed by atoms with Gasteiger partial charge in [0.05, 0.1) is 5.39 Å². The van der Waals surface area contributed by atoms with Crippen LogP contribution < -0.4 is 5.32 Å². The zero-order valence-corrected chi connectivity index (χ0v) is 21.7. The lowest BCUT2D eigenvalue weighted by Gasteiger charge is -2.38. The number of ether oxygens (including phenoxy) is 1. The highest BCUT2D eigenvalue weighted by atomic mass is 33.1. The third-order valence-electron chi connectivity index (χ3n) is 6.59. The van der Waals surface area contributed by atoms with Crippen molar-refractivity contribution < 1.29 is 19.4 Å². The predicted octanol–water partition coefficient (Wildman–Crippen LogP) is 3.94. The third kappa shape index (κ3) is 6.50. The number of rotatable bonds is 10. The Bertz CT molecular complexity index is 1060. The lowest BCUT2D eigenvalue weighted by molar-refractivity contribution is -0.147. The maximum atomic E-state index is 12.2. The standard InChI is InChI=1S/C24H33N5O4S2/c1-3-20(30)29-14-18(8-7-17(29)2)27-22-19-9-12-28(23(19)26-15-25-22)16-33-21(31)6-4-5-10-24(32)11-13-34-35-24/h3,9,12,15,17-18,32H,1,4-8,10-11,13-14,16H2,2H3,(H,25,26,27). The molecule has 2 fully saturated rings. The van der Waals surface area contributed by atoms with Crippen LogP contribution in [-0.4, -0.2) is 65.7 Å². The van der Waals surface area contributed by atoms with Crippen molar-refractivity contribution in [3.8, 4) is 0 Å². The predicted molar refractivity (Wildman–Crippen MR) is 140 cm³/mol. The number of aliphatic hydroxyl groups is 1. The highest BCUT2D eigenvalue weighted by Gasteiger charge is 2.32. The largest absolute Gasteiger partial charge is 0.444 e. The number of esters is 1. The fourth-order valence-corrected chi connectivity index (χ4v) is 7.43. The van der Waals surface area contributed by atoms with E-state index >= 15 is 0 Å². The summed E-state index contributed by atoms with van der Waals surface area (Å²) < 4.78 is 7.25. The van der Waals surface area contributed by atoms with Crippen molar-refractivity contribution >= 4 is 50.3 Å². The monoisotopic (exact) mass is 519 g/mol. The molecule has 0 bridgehead atoms. The second kappa shape index (κ2) is 11.7. The summed E-state index contributed by atoms with van der Waals surface area (Å²) in [6, 6.07) is 2.17. The molecule has 3 unspecified atom stereocenters. The minimum absolute atomic E-state index is 0.0582. The van der Waals surface area contributed by atoms with Gasteiger partial charge in [0, 0.05) is 37.0 Å². The van der Waals surface area contributed by atoms with Crippen LogP contribution in [0.4, 0.5) is 5.82 Å². The highest BCUT2D eigenvalue weighted by Crippen LogP contribution is 2.47. The first kappa shape index (κ1) is 25.8. The average molecular weight is 520 g/mol. The molecule has 2 aliphatic rings. The number of carbonyl (C=O) groups is 2. The van der Waals surface area contributed by atoms with Crippen LogP contribution in [0.1, 0.15) is 51.9 Å². The average Bonchev–Trinajstić information content (AvgIpc) is 3.48. The maximum absolute atomic E-state index is 12.2. The molecule has 0 aliphatic carbocycles. The Morgan fingerprint density at radius 1 is 1.37 bits per heavy atom. The Morgan fingerprint density at radius 2 is 2.23 bits per heavy atom. The number of aromatic nitrogens is 3. The van der Waals surface area contributed by atoms with E-state index in [1.54, 1.807) is 26.2 Å². The van der Waals surface area contributed by atoms with Crippen molar-refractivity contribution in [3.63, 3.8) is 0 Å². The first-order valence-corrected chi connectivity index (χ1v) is 14.4. The first-order chi connectivity index (χ1) is 16.9. The van der Waals surface area contributed by atoms with E-state index in [0.29, 0.717) is 37.3 Å². The molecule has 2 aromatic heterocycles. The summed E-state index contributed by atoms with van der Waals surface area (Å²) in [7, 11) is 3.25. The molecule has 2 aliphatic heterocycles. The summed E-state index contributed by atoms with van der Waals surface area (Å²) in [6.45, 7) is 6.33. The second-order valence-corrected chi connectivity index (χ2v) is 11.9. The van der Waals surface area contributed by atoms with Gasteiger partial charge in [-0.25, -0.2) is 9.97 Å². The van der Waals surface area contributed by atoms with Crippen molar-refractivity contribution in [3.05, 3.63) is 31.2 Å². The summed E-state index contributed by atoms with van der Waals surface area (Å²) in [5.74, 6) is 1.36. The second-order valence-electron chi connectivity index (χ2n) is 9.16. The quantitative estimate of drug-likeness (QED) is 0.209. The summed E-state index contributed by atoms with van der Waals surface area (Å²) >= 11 is 0. The molecule has 4 heterocycles. The molecular formula is C24H33N5O4S2. The lowest BCUT2D eigenvalue weighted by Crippen LogP contribution is -2.49. The number of unbranched alkanes of at least 4 members (excludes halogenated alkanes) is 1. The normalized spacial score (nSPS) is 24.5. The van der Waals surface area contributed by atoms with Crippen molar-refractivity contribution in [2.24, 2.45) is 0 Å². The van der Waals surface area contributed by atoms with Crippen molar-refractivity contribution in [1.82, 2.24) is 19.4 Å². The summed E-state index contributed by atoms with van der Waals surface area (Å²) in [5.41, 5.74) is 0.677. The van der Waals surface area contributed by atoms with E-state index in [9.17, 15) is 14.7 Å². The molecule has 0 aromatic carbocycles. The summed E-state index contributed by atoms with van der Waals surface area (Å²) in [4.78, 5) is 34.4. The van der Waals surface area contributed by atoms with E-state index < -0.39 is 4.93 Å². The minimum atomic E-state index is -0.639. The molecule has 4 rings (SSSR count). The van der Waals surface area contributed by atoms with Crippen LogP contribution in [0, 0.1) is 0 Å². The number of hydrogen-bond donors (Lipinski definition) is 2. The SMILES string of the molecule is C=CC(=O)N1CC(Nc2ncnc3c2ccn3COC(=O)CCCCC2(O)CCSS2)CCC1C. The summed E-state index contributed by atoms with van der Waals surface area (Å²) in [5, 5.41) is 14.7. The van der Waals surface area contributed by atoms with Crippen LogP contribution in [0.15, 0.2) is 31.2 Å². The topological polar surface area (TPSA) is 110 Å². The molecule has 0 saturated carbocycles. The van der Waals surface area contributed by atoms with E-state index in [1.165, 1.54) is 12.4 Å². The van der Waals surface area contributed by atoms with Gasteiger partial charge in [0.2, 0.25) is 5.91 Å². The Hall–Kier alpha value is -2.24. The molecule has 2 N–H and O–H groups in total. The number of carbonyl (C=O) groups excluding carboxylic acids is 2. The highest BCUT2D eigenvalue weighted by molar-refractivity contribution is 8.77. The van der Waals surface area contributed by atoms with Crippen molar-refractivity contribution in [1.29, 1.82) is 0 Å². The Kier molecular flexibility index (Phi) is 8.61. The Labute approximate surface area is 213 Å². The van der Waals surface area contributed by atoms with Crippen LogP contribution in [-0.2, 0) is 21.1 Å². The number of hydrogen-bond acceptors (Lipinski definition) is 9. The van der Waals surface area contributed by atoms with Crippen LogP contribution in [0.2, 0.25) is 0 Å². The number of amides is 1. The molecule has 2 aromatic rings. The molecule has 190 valence electrons. The van der Waals surface area contributed by atoms with Gasteiger partial charge in [-0.15, -0.1) is 0 Å². The number of anilines is 1. The molecule has 3 atom stereocenters. The van der Waals surface area contributed by atoms with Crippen molar-refractivity contribution in [2.45, 2.75) is 75.6 Å². The number of nitrogens with one attached hydrogen (secondary N) is 1. The molecular weight excluding hydrogens is 486 g/mol. The van der Waals surface area contributed by atoms with Gasteiger partial charge in [-0.05, 0) is 57.6 Å². The Morgan fingerprint density at radius 3 is 3.00 bits per heavy atom. The van der Waals surface area contributed by atoms with Gasteiger partial charge in [-0.3, -0.25) is 14.2 Å². The molecule has 1 amide bonds. The van der Waals surface area contributed by atoms with E-state index in [-0.39, 0.29) is 30.7 Å². The molecule has 9 nitrogen and oxygen atoms in total. The number of piperidine rings is 1. The number of nitrogens with zero attached hydrogens (tertiary/aromatic N) is 4. The fourth-order valence-electron chi connectivity index (χ4n) is 4.51. The van der Waals surface area contributed by atoms with Gasteiger partial charge in [0.25, 0.3) is 0 Å². The van der Waals surface area contributed by atoms with Gasteiger partial charge < -0.3 is 20.1 Å². The van der Waals surface area contributed by atoms with Crippen molar-refractivity contribution in [2.75, 3.05) is 17.6 Å². The minimum Gasteiger partial charge on any atom is -0.444 e. The summed E-state index contributed by atoms with van der Waals surface area (Å²) in [6.07, 6.45) is 9.84. The van der Waals surface area contributed by atoms with Crippen LogP contribution in [0.25, 0.3) is 11.0 Å². The third-order valence-corrected chi connectivity index (χ3v) is 9.58.